The van der Waals surface area contributed by atoms with E-state index in [2.05, 4.69) is 22.0 Å². The molecular weight excluding hydrogens is 366 g/mol. The predicted octanol–water partition coefficient (Wildman–Crippen LogP) is 4.40. The van der Waals surface area contributed by atoms with Gasteiger partial charge in [-0.2, -0.15) is 0 Å². The van der Waals surface area contributed by atoms with Gasteiger partial charge in [-0.15, -0.1) is 0 Å². The van der Waals surface area contributed by atoms with Crippen LogP contribution < -0.4 is 4.74 Å². The first-order valence-corrected chi connectivity index (χ1v) is 8.99. The lowest BCUT2D eigenvalue weighted by atomic mass is 10.1. The molecule has 0 bridgehead atoms. The Morgan fingerprint density at radius 3 is 2.74 bits per heavy atom. The van der Waals surface area contributed by atoms with Crippen LogP contribution in [0.1, 0.15) is 12.0 Å². The van der Waals surface area contributed by atoms with Gasteiger partial charge in [0.2, 0.25) is 0 Å². The summed E-state index contributed by atoms with van der Waals surface area (Å²) in [4.78, 5) is 16.0. The van der Waals surface area contributed by atoms with Gasteiger partial charge in [0.05, 0.1) is 11.0 Å². The van der Waals surface area contributed by atoms with Crippen LogP contribution in [0.3, 0.4) is 0 Å². The molecule has 0 N–H and O–H groups in total. The summed E-state index contributed by atoms with van der Waals surface area (Å²) >= 11 is 6.84. The first kappa shape index (κ1) is 19.1. The molecule has 2 aromatic carbocycles. The van der Waals surface area contributed by atoms with Crippen LogP contribution in [0.15, 0.2) is 71.9 Å². The fourth-order valence-corrected chi connectivity index (χ4v) is 3.13. The molecule has 0 fully saturated rings. The third kappa shape index (κ3) is 5.15. The molecule has 0 radical (unpaired) electrons. The lowest BCUT2D eigenvalue weighted by Gasteiger charge is -2.37. The molecule has 0 saturated carbocycles. The van der Waals surface area contributed by atoms with Crippen molar-refractivity contribution in [2.45, 2.75) is 18.0 Å². The number of non-ortho nitro benzene ring substituents is 1. The first-order valence-electron chi connectivity index (χ1n) is 8.61. The van der Waals surface area contributed by atoms with Crippen molar-refractivity contribution in [2.75, 3.05) is 13.2 Å². The summed E-state index contributed by atoms with van der Waals surface area (Å²) in [6.07, 6.45) is 5.97. The molecule has 7 heteroatoms. The topological polar surface area (TPSA) is 68.0 Å². The molecule has 6 nitrogen and oxygen atoms in total. The Morgan fingerprint density at radius 1 is 1.22 bits per heavy atom. The van der Waals surface area contributed by atoms with Gasteiger partial charge in [-0.3, -0.25) is 20.0 Å². The van der Waals surface area contributed by atoms with Crippen LogP contribution in [-0.4, -0.2) is 34.2 Å². The van der Waals surface area contributed by atoms with E-state index in [1.54, 1.807) is 24.5 Å². The fourth-order valence-electron chi connectivity index (χ4n) is 2.86. The number of nitrogens with zero attached hydrogens (tertiary/aromatic N) is 3. The number of alkyl halides is 1. The number of nitro benzene ring substituents is 1. The molecule has 0 aromatic heterocycles. The third-order valence-electron chi connectivity index (χ3n) is 4.30. The van der Waals surface area contributed by atoms with Crippen LogP contribution in [-0.2, 0) is 6.54 Å². The van der Waals surface area contributed by atoms with Crippen LogP contribution in [0.5, 0.6) is 5.75 Å². The van der Waals surface area contributed by atoms with E-state index in [1.165, 1.54) is 12.1 Å². The van der Waals surface area contributed by atoms with Gasteiger partial charge < -0.3 is 4.74 Å². The number of hydrogen-bond donors (Lipinski definition) is 0. The minimum atomic E-state index is -0.677. The van der Waals surface area contributed by atoms with Gasteiger partial charge in [0.1, 0.15) is 17.4 Å². The standard InChI is InChI=1S/C20H20ClN3O3/c21-20(9-11-22-12-10-20)23(16-17-5-2-1-3-6-17)13-14-27-19-8-4-7-18(15-19)24(25)26/h1-9,11-12,15H,10,13-14,16H2. The second kappa shape index (κ2) is 8.79. The van der Waals surface area contributed by atoms with Crippen LogP contribution in [0.4, 0.5) is 5.69 Å². The highest BCUT2D eigenvalue weighted by molar-refractivity contribution is 6.25. The summed E-state index contributed by atoms with van der Waals surface area (Å²) in [5.74, 6) is 0.466. The van der Waals surface area contributed by atoms with Crippen LogP contribution in [0.2, 0.25) is 0 Å². The van der Waals surface area contributed by atoms with Crippen molar-refractivity contribution in [1.29, 1.82) is 0 Å². The zero-order valence-electron chi connectivity index (χ0n) is 14.7. The Balaban J connectivity index is 1.68. The molecule has 140 valence electrons. The lowest BCUT2D eigenvalue weighted by Crippen LogP contribution is -2.45. The van der Waals surface area contributed by atoms with Crippen LogP contribution in [0, 0.1) is 10.1 Å². The maximum Gasteiger partial charge on any atom is 0.273 e. The Kier molecular flexibility index (Phi) is 6.21. The molecular formula is C20H20ClN3O3. The molecule has 0 saturated heterocycles. The highest BCUT2D eigenvalue weighted by Gasteiger charge is 2.32. The molecule has 3 rings (SSSR count). The normalized spacial score (nSPS) is 18.6. The number of aliphatic imine (C=N–C) groups is 1. The third-order valence-corrected chi connectivity index (χ3v) is 4.82. The Labute approximate surface area is 162 Å². The van der Waals surface area contributed by atoms with E-state index < -0.39 is 9.92 Å². The summed E-state index contributed by atoms with van der Waals surface area (Å²) in [5.41, 5.74) is 1.15. The highest BCUT2D eigenvalue weighted by Crippen LogP contribution is 2.30. The smallest absolute Gasteiger partial charge is 0.273 e. The van der Waals surface area contributed by atoms with Gasteiger partial charge in [-0.25, -0.2) is 0 Å². The van der Waals surface area contributed by atoms with Crippen LogP contribution in [0.25, 0.3) is 0 Å². The second-order valence-corrected chi connectivity index (χ2v) is 6.83. The highest BCUT2D eigenvalue weighted by atomic mass is 35.5. The van der Waals surface area contributed by atoms with Gasteiger partial charge in [-0.1, -0.05) is 48.0 Å². The van der Waals surface area contributed by atoms with E-state index in [0.717, 1.165) is 5.56 Å². The van der Waals surface area contributed by atoms with Crippen molar-refractivity contribution < 1.29 is 9.66 Å². The fraction of sp³-hybridized carbons (Fsp3) is 0.250. The Morgan fingerprint density at radius 2 is 2.04 bits per heavy atom. The summed E-state index contributed by atoms with van der Waals surface area (Å²) in [6.45, 7) is 1.56. The number of halogens is 1. The summed E-state index contributed by atoms with van der Waals surface area (Å²) in [7, 11) is 0. The Bertz CT molecular complexity index is 841. The van der Waals surface area contributed by atoms with Crippen molar-refractivity contribution in [1.82, 2.24) is 4.90 Å². The van der Waals surface area contributed by atoms with Gasteiger partial charge >= 0.3 is 0 Å². The van der Waals surface area contributed by atoms with Gasteiger partial charge in [0.25, 0.3) is 5.69 Å². The summed E-state index contributed by atoms with van der Waals surface area (Å²) < 4.78 is 5.74. The molecule has 1 aliphatic rings. The Hall–Kier alpha value is -2.70. The molecule has 1 unspecified atom stereocenters. The molecule has 1 heterocycles. The predicted molar refractivity (Wildman–Crippen MR) is 106 cm³/mol. The quantitative estimate of drug-likeness (QED) is 0.292. The molecule has 1 aliphatic heterocycles. The number of benzene rings is 2. The zero-order chi connectivity index (χ0) is 19.1. The average molecular weight is 386 g/mol. The number of nitro groups is 1. The van der Waals surface area contributed by atoms with E-state index in [9.17, 15) is 10.1 Å². The molecule has 0 aliphatic carbocycles. The van der Waals surface area contributed by atoms with Gasteiger partial charge in [0, 0.05) is 38.0 Å². The molecule has 2 aromatic rings. The number of rotatable bonds is 8. The number of ether oxygens (including phenoxy) is 1. The molecule has 0 spiro atoms. The van der Waals surface area contributed by atoms with Gasteiger partial charge in [-0.05, 0) is 17.7 Å². The lowest BCUT2D eigenvalue weighted by molar-refractivity contribution is -0.384. The van der Waals surface area contributed by atoms with Crippen molar-refractivity contribution in [2.24, 2.45) is 4.99 Å². The van der Waals surface area contributed by atoms with Crippen molar-refractivity contribution >= 4 is 23.5 Å². The molecule has 1 atom stereocenters. The number of hydrogen-bond acceptors (Lipinski definition) is 5. The summed E-state index contributed by atoms with van der Waals surface area (Å²) in [5, 5.41) is 10.9. The minimum Gasteiger partial charge on any atom is -0.492 e. The van der Waals surface area contributed by atoms with Gasteiger partial charge in [0.15, 0.2) is 0 Å². The summed E-state index contributed by atoms with van der Waals surface area (Å²) in [6, 6.07) is 16.2. The zero-order valence-corrected chi connectivity index (χ0v) is 15.5. The van der Waals surface area contributed by atoms with Crippen molar-refractivity contribution in [3.8, 4) is 5.75 Å². The van der Waals surface area contributed by atoms with E-state index >= 15 is 0 Å². The molecule has 27 heavy (non-hydrogen) atoms. The van der Waals surface area contributed by atoms with Crippen LogP contribution >= 0.6 is 11.6 Å². The first-order chi connectivity index (χ1) is 13.1. The van der Waals surface area contributed by atoms with E-state index in [1.807, 2.05) is 24.3 Å². The average Bonchev–Trinajstić information content (AvgIpc) is 2.69. The van der Waals surface area contributed by atoms with Crippen molar-refractivity contribution in [3.63, 3.8) is 0 Å². The maximum absolute atomic E-state index is 10.9. The largest absolute Gasteiger partial charge is 0.492 e. The van der Waals surface area contributed by atoms with E-state index in [-0.39, 0.29) is 5.69 Å². The maximum atomic E-state index is 10.9. The van der Waals surface area contributed by atoms with Crippen molar-refractivity contribution in [3.05, 3.63) is 82.6 Å². The van der Waals surface area contributed by atoms with E-state index in [0.29, 0.717) is 31.9 Å². The SMILES string of the molecule is O=[N+]([O-])c1cccc(OCCN(Cc2ccccc2)C2(Cl)C=CN=CC2)c1. The minimum absolute atomic E-state index is 0.00822. The second-order valence-electron chi connectivity index (χ2n) is 6.18. The molecule has 0 amide bonds. The monoisotopic (exact) mass is 385 g/mol. The van der Waals surface area contributed by atoms with E-state index in [4.69, 9.17) is 16.3 Å².